The van der Waals surface area contributed by atoms with Gasteiger partial charge < -0.3 is 14.4 Å². The first-order chi connectivity index (χ1) is 11.1. The minimum atomic E-state index is -0.0278. The van der Waals surface area contributed by atoms with E-state index in [0.29, 0.717) is 11.8 Å². The van der Waals surface area contributed by atoms with Crippen molar-refractivity contribution in [2.45, 2.75) is 51.5 Å². The van der Waals surface area contributed by atoms with Crippen LogP contribution < -0.4 is 9.47 Å². The molecular formula is C19H29NO3. The van der Waals surface area contributed by atoms with E-state index < -0.39 is 0 Å². The van der Waals surface area contributed by atoms with Crippen LogP contribution >= 0.6 is 0 Å². The van der Waals surface area contributed by atoms with Crippen molar-refractivity contribution in [3.8, 4) is 11.5 Å². The van der Waals surface area contributed by atoms with Gasteiger partial charge in [0.15, 0.2) is 11.5 Å². The molecule has 0 spiro atoms. The minimum absolute atomic E-state index is 0.0278. The van der Waals surface area contributed by atoms with Crippen molar-refractivity contribution in [1.29, 1.82) is 0 Å². The van der Waals surface area contributed by atoms with E-state index in [4.69, 9.17) is 9.47 Å². The Morgan fingerprint density at radius 3 is 2.43 bits per heavy atom. The highest BCUT2D eigenvalue weighted by Crippen LogP contribution is 2.29. The number of hydrogen-bond donors (Lipinski definition) is 0. The molecule has 1 aromatic carbocycles. The second kappa shape index (κ2) is 8.23. The lowest BCUT2D eigenvalue weighted by Crippen LogP contribution is -2.41. The number of methoxy groups -OCH3 is 2. The molecule has 23 heavy (non-hydrogen) atoms. The van der Waals surface area contributed by atoms with Gasteiger partial charge in [-0.15, -0.1) is 0 Å². The summed E-state index contributed by atoms with van der Waals surface area (Å²) in [6.07, 6.45) is 6.80. The number of benzene rings is 1. The topological polar surface area (TPSA) is 38.8 Å². The average Bonchev–Trinajstić information content (AvgIpc) is 2.60. The molecule has 0 heterocycles. The van der Waals surface area contributed by atoms with Gasteiger partial charge >= 0.3 is 0 Å². The molecule has 1 aromatic rings. The Labute approximate surface area is 139 Å². The molecule has 0 saturated heterocycles. The number of ether oxygens (including phenoxy) is 2. The predicted octanol–water partition coefficient (Wildman–Crippen LogP) is 3.67. The van der Waals surface area contributed by atoms with Crippen LogP contribution in [0.2, 0.25) is 0 Å². The summed E-state index contributed by atoms with van der Waals surface area (Å²) in [6.45, 7) is 2.01. The Hall–Kier alpha value is -1.71. The van der Waals surface area contributed by atoms with Crippen molar-refractivity contribution in [3.05, 3.63) is 23.8 Å². The van der Waals surface area contributed by atoms with Crippen LogP contribution in [0.1, 0.15) is 44.6 Å². The molecule has 2 rings (SSSR count). The van der Waals surface area contributed by atoms with E-state index in [0.717, 1.165) is 30.6 Å². The molecule has 0 aliphatic heterocycles. The third-order valence-corrected chi connectivity index (χ3v) is 4.88. The van der Waals surface area contributed by atoms with Crippen LogP contribution in [-0.4, -0.2) is 38.1 Å². The van der Waals surface area contributed by atoms with Crippen LogP contribution in [0.4, 0.5) is 0 Å². The number of carbonyl (C=O) groups is 1. The maximum atomic E-state index is 12.7. The molecule has 4 nitrogen and oxygen atoms in total. The zero-order chi connectivity index (χ0) is 16.8. The van der Waals surface area contributed by atoms with E-state index in [9.17, 15) is 4.79 Å². The molecule has 1 aliphatic rings. The van der Waals surface area contributed by atoms with Crippen LogP contribution in [0.15, 0.2) is 18.2 Å². The summed E-state index contributed by atoms with van der Waals surface area (Å²) in [5.41, 5.74) is 1.10. The minimum Gasteiger partial charge on any atom is -0.493 e. The van der Waals surface area contributed by atoms with Crippen molar-refractivity contribution in [1.82, 2.24) is 4.90 Å². The lowest BCUT2D eigenvalue weighted by molar-refractivity contribution is -0.136. The van der Waals surface area contributed by atoms with Gasteiger partial charge in [-0.1, -0.05) is 32.3 Å². The Kier molecular flexibility index (Phi) is 6.31. The Bertz CT molecular complexity index is 523. The molecule has 1 saturated carbocycles. The molecule has 1 unspecified atom stereocenters. The highest BCUT2D eigenvalue weighted by Gasteiger charge is 2.25. The summed E-state index contributed by atoms with van der Waals surface area (Å²) in [4.78, 5) is 14.7. The number of carbonyl (C=O) groups excluding carboxylic acids is 1. The summed E-state index contributed by atoms with van der Waals surface area (Å²) >= 11 is 0. The molecule has 0 bridgehead atoms. The summed E-state index contributed by atoms with van der Waals surface area (Å²) in [5.74, 6) is 1.64. The first-order valence-corrected chi connectivity index (χ1v) is 8.54. The van der Waals surface area contributed by atoms with Gasteiger partial charge in [-0.2, -0.15) is 0 Å². The van der Waals surface area contributed by atoms with E-state index in [-0.39, 0.29) is 11.8 Å². The maximum absolute atomic E-state index is 12.7. The quantitative estimate of drug-likeness (QED) is 0.803. The van der Waals surface area contributed by atoms with Gasteiger partial charge in [-0.25, -0.2) is 0 Å². The van der Waals surface area contributed by atoms with Gasteiger partial charge in [0.1, 0.15) is 0 Å². The zero-order valence-corrected chi connectivity index (χ0v) is 14.8. The predicted molar refractivity (Wildman–Crippen MR) is 92.1 cm³/mol. The number of hydrogen-bond acceptors (Lipinski definition) is 3. The van der Waals surface area contributed by atoms with E-state index >= 15 is 0 Å². The summed E-state index contributed by atoms with van der Waals surface area (Å²) < 4.78 is 10.6. The first kappa shape index (κ1) is 17.6. The van der Waals surface area contributed by atoms with Gasteiger partial charge in [-0.05, 0) is 37.0 Å². The standard InChI is InChI=1S/C19H29NO3/c1-14(19(21)20(2)16-8-6-5-7-9-16)12-15-10-11-17(22-3)18(13-15)23-4/h10-11,13-14,16H,5-9,12H2,1-4H3. The largest absolute Gasteiger partial charge is 0.493 e. The van der Waals surface area contributed by atoms with Gasteiger partial charge in [0.25, 0.3) is 0 Å². The number of amides is 1. The fourth-order valence-electron chi connectivity index (χ4n) is 3.44. The lowest BCUT2D eigenvalue weighted by Gasteiger charge is -2.33. The van der Waals surface area contributed by atoms with Crippen molar-refractivity contribution in [3.63, 3.8) is 0 Å². The van der Waals surface area contributed by atoms with Crippen molar-refractivity contribution in [2.75, 3.05) is 21.3 Å². The SMILES string of the molecule is COc1ccc(CC(C)C(=O)N(C)C2CCCCC2)cc1OC. The highest BCUT2D eigenvalue weighted by atomic mass is 16.5. The van der Waals surface area contributed by atoms with Crippen molar-refractivity contribution in [2.24, 2.45) is 5.92 Å². The molecular weight excluding hydrogens is 290 g/mol. The van der Waals surface area contributed by atoms with Gasteiger partial charge in [0, 0.05) is 19.0 Å². The average molecular weight is 319 g/mol. The summed E-state index contributed by atoms with van der Waals surface area (Å²) in [5, 5.41) is 0. The van der Waals surface area contributed by atoms with Crippen molar-refractivity contribution < 1.29 is 14.3 Å². The van der Waals surface area contributed by atoms with Crippen LogP contribution in [-0.2, 0) is 11.2 Å². The Morgan fingerprint density at radius 1 is 1.17 bits per heavy atom. The Morgan fingerprint density at radius 2 is 1.83 bits per heavy atom. The molecule has 0 aromatic heterocycles. The maximum Gasteiger partial charge on any atom is 0.225 e. The van der Waals surface area contributed by atoms with Crippen molar-refractivity contribution >= 4 is 5.91 Å². The second-order valence-electron chi connectivity index (χ2n) is 6.54. The molecule has 0 N–H and O–H groups in total. The molecule has 4 heteroatoms. The third kappa shape index (κ3) is 4.40. The first-order valence-electron chi connectivity index (χ1n) is 8.54. The van der Waals surface area contributed by atoms with E-state index in [2.05, 4.69) is 0 Å². The lowest BCUT2D eigenvalue weighted by atomic mass is 9.92. The molecule has 1 amide bonds. The molecule has 1 aliphatic carbocycles. The molecule has 1 atom stereocenters. The molecule has 1 fully saturated rings. The fourth-order valence-corrected chi connectivity index (χ4v) is 3.44. The van der Waals surface area contributed by atoms with E-state index in [1.165, 1.54) is 19.3 Å². The molecule has 0 radical (unpaired) electrons. The third-order valence-electron chi connectivity index (χ3n) is 4.88. The van der Waals surface area contributed by atoms with Crippen LogP contribution in [0.5, 0.6) is 11.5 Å². The summed E-state index contributed by atoms with van der Waals surface area (Å²) in [7, 11) is 5.22. The monoisotopic (exact) mass is 319 g/mol. The molecule has 128 valence electrons. The van der Waals surface area contributed by atoms with E-state index in [1.807, 2.05) is 37.1 Å². The summed E-state index contributed by atoms with van der Waals surface area (Å²) in [6, 6.07) is 6.29. The smallest absolute Gasteiger partial charge is 0.225 e. The van der Waals surface area contributed by atoms with E-state index in [1.54, 1.807) is 14.2 Å². The van der Waals surface area contributed by atoms with Gasteiger partial charge in [0.05, 0.1) is 14.2 Å². The van der Waals surface area contributed by atoms with Crippen LogP contribution in [0, 0.1) is 5.92 Å². The van der Waals surface area contributed by atoms with Gasteiger partial charge in [-0.3, -0.25) is 4.79 Å². The van der Waals surface area contributed by atoms with Crippen LogP contribution in [0.25, 0.3) is 0 Å². The number of nitrogens with zero attached hydrogens (tertiary/aromatic N) is 1. The zero-order valence-electron chi connectivity index (χ0n) is 14.8. The van der Waals surface area contributed by atoms with Crippen LogP contribution in [0.3, 0.4) is 0 Å². The fraction of sp³-hybridized carbons (Fsp3) is 0.632. The number of rotatable bonds is 6. The normalized spacial score (nSPS) is 16.7. The van der Waals surface area contributed by atoms with Gasteiger partial charge in [0.2, 0.25) is 5.91 Å². The Balaban J connectivity index is 2.00. The highest BCUT2D eigenvalue weighted by molar-refractivity contribution is 5.79. The second-order valence-corrected chi connectivity index (χ2v) is 6.54.